The third-order valence-electron chi connectivity index (χ3n) is 8.42. The molecule has 2 heterocycles. The molecule has 1 saturated carbocycles. The van der Waals surface area contributed by atoms with Gasteiger partial charge in [0.15, 0.2) is 0 Å². The molecule has 2 saturated heterocycles. The molecule has 2 aromatic carbocycles. The van der Waals surface area contributed by atoms with Gasteiger partial charge in [-0.05, 0) is 67.9 Å². The molecule has 178 valence electrons. The highest BCUT2D eigenvalue weighted by molar-refractivity contribution is 6.19. The number of carbonyl (C=O) groups is 1. The molecular formula is C28H33FN4O. The molecule has 2 aromatic rings. The van der Waals surface area contributed by atoms with Crippen molar-refractivity contribution in [2.45, 2.75) is 75.4 Å². The van der Waals surface area contributed by atoms with Gasteiger partial charge in [0, 0.05) is 24.8 Å². The summed E-state index contributed by atoms with van der Waals surface area (Å²) in [5, 5.41) is 3.12. The van der Waals surface area contributed by atoms with E-state index in [4.69, 9.17) is 4.99 Å². The summed E-state index contributed by atoms with van der Waals surface area (Å²) in [6.45, 7) is 1.81. The number of urea groups is 1. The number of halogens is 1. The van der Waals surface area contributed by atoms with Crippen LogP contribution in [0.1, 0.15) is 56.1 Å². The highest BCUT2D eigenvalue weighted by Gasteiger charge is 2.53. The van der Waals surface area contributed by atoms with E-state index in [0.29, 0.717) is 11.7 Å². The van der Waals surface area contributed by atoms with Crippen LogP contribution in [0.2, 0.25) is 0 Å². The largest absolute Gasteiger partial charge is 0.328 e. The van der Waals surface area contributed by atoms with E-state index < -0.39 is 5.54 Å². The second-order valence-corrected chi connectivity index (χ2v) is 10.4. The number of amidine groups is 1. The molecule has 6 heteroatoms. The Morgan fingerprint density at radius 2 is 1.65 bits per heavy atom. The van der Waals surface area contributed by atoms with Crippen molar-refractivity contribution in [3.05, 3.63) is 65.5 Å². The van der Waals surface area contributed by atoms with E-state index in [2.05, 4.69) is 34.5 Å². The number of hydrogen-bond donors (Lipinski definition) is 1. The Balaban J connectivity index is 1.29. The lowest BCUT2D eigenvalue weighted by atomic mass is 9.84. The first kappa shape index (κ1) is 21.8. The van der Waals surface area contributed by atoms with Crippen molar-refractivity contribution in [3.63, 3.8) is 0 Å². The van der Waals surface area contributed by atoms with Crippen LogP contribution in [-0.2, 0) is 12.8 Å². The minimum atomic E-state index is -0.524. The first-order valence-electron chi connectivity index (χ1n) is 12.9. The molecule has 0 aromatic heterocycles. The number of fused-ring (bicyclic) bond motifs is 1. The van der Waals surface area contributed by atoms with Crippen LogP contribution in [0.5, 0.6) is 0 Å². The summed E-state index contributed by atoms with van der Waals surface area (Å²) in [6, 6.07) is 15.8. The van der Waals surface area contributed by atoms with Gasteiger partial charge in [-0.2, -0.15) is 0 Å². The standard InChI is InChI=1S/C28H33FN4O/c29-22-9-6-12-24(19-22)33-27(34)31-26(30-23-10-2-1-3-11-23)28(33)13-15-32(16-14-28)25-17-20-7-4-5-8-21(20)18-25/h4-9,12,19,23,25H,1-3,10-11,13-18H2,(H,30,31,34). The lowest BCUT2D eigenvalue weighted by molar-refractivity contribution is 0.142. The molecule has 0 bridgehead atoms. The molecule has 2 aliphatic carbocycles. The number of anilines is 1. The van der Waals surface area contributed by atoms with Crippen LogP contribution in [-0.4, -0.2) is 47.5 Å². The first-order valence-corrected chi connectivity index (χ1v) is 12.9. The van der Waals surface area contributed by atoms with Crippen LogP contribution in [0, 0.1) is 5.82 Å². The zero-order valence-electron chi connectivity index (χ0n) is 19.7. The molecule has 3 fully saturated rings. The number of amides is 2. The van der Waals surface area contributed by atoms with Crippen molar-refractivity contribution in [1.82, 2.24) is 10.2 Å². The lowest BCUT2D eigenvalue weighted by Crippen LogP contribution is -2.58. The van der Waals surface area contributed by atoms with Crippen LogP contribution in [0.25, 0.3) is 0 Å². The highest BCUT2D eigenvalue weighted by Crippen LogP contribution is 2.40. The number of nitrogens with zero attached hydrogens (tertiary/aromatic N) is 3. The highest BCUT2D eigenvalue weighted by atomic mass is 19.1. The number of piperidine rings is 1. The van der Waals surface area contributed by atoms with Gasteiger partial charge >= 0.3 is 6.03 Å². The molecule has 1 spiro atoms. The second-order valence-electron chi connectivity index (χ2n) is 10.4. The topological polar surface area (TPSA) is 47.9 Å². The van der Waals surface area contributed by atoms with E-state index in [1.54, 1.807) is 11.0 Å². The number of rotatable bonds is 3. The van der Waals surface area contributed by atoms with E-state index in [-0.39, 0.29) is 17.9 Å². The molecule has 2 amide bonds. The van der Waals surface area contributed by atoms with Crippen LogP contribution in [0.15, 0.2) is 53.5 Å². The zero-order valence-corrected chi connectivity index (χ0v) is 19.7. The fourth-order valence-electron chi connectivity index (χ4n) is 6.61. The normalized spacial score (nSPS) is 24.7. The summed E-state index contributed by atoms with van der Waals surface area (Å²) in [5.74, 6) is 0.488. The molecule has 1 N–H and O–H groups in total. The average molecular weight is 461 g/mol. The van der Waals surface area contributed by atoms with Crippen molar-refractivity contribution in [2.24, 2.45) is 4.99 Å². The molecule has 0 radical (unpaired) electrons. The van der Waals surface area contributed by atoms with Crippen molar-refractivity contribution in [3.8, 4) is 0 Å². The smallest absolute Gasteiger partial charge is 0.300 e. The summed E-state index contributed by atoms with van der Waals surface area (Å²) in [6.07, 6.45) is 9.64. The number of likely N-dealkylation sites (tertiary alicyclic amines) is 1. The summed E-state index contributed by atoms with van der Waals surface area (Å²) in [4.78, 5) is 22.8. The van der Waals surface area contributed by atoms with Crippen LogP contribution in [0.3, 0.4) is 0 Å². The third kappa shape index (κ3) is 3.82. The number of carbonyl (C=O) groups excluding carboxylic acids is 1. The van der Waals surface area contributed by atoms with E-state index in [1.165, 1.54) is 42.5 Å². The fourth-order valence-corrected chi connectivity index (χ4v) is 6.61. The third-order valence-corrected chi connectivity index (χ3v) is 8.42. The Morgan fingerprint density at radius 1 is 0.941 bits per heavy atom. The van der Waals surface area contributed by atoms with Gasteiger partial charge < -0.3 is 0 Å². The summed E-state index contributed by atoms with van der Waals surface area (Å²) in [7, 11) is 0. The van der Waals surface area contributed by atoms with Gasteiger partial charge in [-0.25, -0.2) is 9.18 Å². The van der Waals surface area contributed by atoms with Gasteiger partial charge in [0.25, 0.3) is 0 Å². The van der Waals surface area contributed by atoms with Gasteiger partial charge in [0.2, 0.25) is 0 Å². The number of aliphatic imine (C=N–C) groups is 1. The van der Waals surface area contributed by atoms with Crippen molar-refractivity contribution in [2.75, 3.05) is 18.0 Å². The number of benzene rings is 2. The van der Waals surface area contributed by atoms with Gasteiger partial charge in [-0.1, -0.05) is 49.6 Å². The number of hydrogen-bond acceptors (Lipinski definition) is 3. The molecular weight excluding hydrogens is 427 g/mol. The Bertz CT molecular complexity index is 1080. The summed E-state index contributed by atoms with van der Waals surface area (Å²) >= 11 is 0. The Labute approximate surface area is 201 Å². The molecule has 0 atom stereocenters. The maximum absolute atomic E-state index is 14.2. The van der Waals surface area contributed by atoms with Gasteiger partial charge in [-0.15, -0.1) is 0 Å². The quantitative estimate of drug-likeness (QED) is 0.694. The van der Waals surface area contributed by atoms with Gasteiger partial charge in [0.1, 0.15) is 17.2 Å². The molecule has 2 aliphatic heterocycles. The van der Waals surface area contributed by atoms with E-state index >= 15 is 0 Å². The molecule has 0 unspecified atom stereocenters. The van der Waals surface area contributed by atoms with Crippen molar-refractivity contribution in [1.29, 1.82) is 0 Å². The first-order chi connectivity index (χ1) is 16.6. The minimum absolute atomic E-state index is 0.179. The summed E-state index contributed by atoms with van der Waals surface area (Å²) in [5.41, 5.74) is 3.02. The Morgan fingerprint density at radius 3 is 2.32 bits per heavy atom. The molecule has 34 heavy (non-hydrogen) atoms. The molecule has 5 nitrogen and oxygen atoms in total. The van der Waals surface area contributed by atoms with Crippen molar-refractivity contribution < 1.29 is 9.18 Å². The number of nitrogens with one attached hydrogen (secondary N) is 1. The van der Waals surface area contributed by atoms with E-state index in [0.717, 1.165) is 57.5 Å². The van der Waals surface area contributed by atoms with Crippen LogP contribution < -0.4 is 10.2 Å². The monoisotopic (exact) mass is 460 g/mol. The molecule has 6 rings (SSSR count). The SMILES string of the molecule is O=C1NC(=NC2CCCCC2)C2(CCN(C3Cc4ccccc4C3)CC2)N1c1cccc(F)c1. The van der Waals surface area contributed by atoms with Gasteiger partial charge in [-0.3, -0.25) is 20.1 Å². The second kappa shape index (κ2) is 8.81. The average Bonchev–Trinajstić information content (AvgIpc) is 3.39. The minimum Gasteiger partial charge on any atom is -0.300 e. The van der Waals surface area contributed by atoms with Crippen LogP contribution in [0.4, 0.5) is 14.9 Å². The van der Waals surface area contributed by atoms with E-state index in [9.17, 15) is 9.18 Å². The van der Waals surface area contributed by atoms with E-state index in [1.807, 2.05) is 6.07 Å². The Hall–Kier alpha value is -2.73. The van der Waals surface area contributed by atoms with Gasteiger partial charge in [0.05, 0.1) is 6.04 Å². The zero-order chi connectivity index (χ0) is 23.1. The fraction of sp³-hybridized carbons (Fsp3) is 0.500. The van der Waals surface area contributed by atoms with Crippen molar-refractivity contribution >= 4 is 17.6 Å². The molecule has 4 aliphatic rings. The predicted molar refractivity (Wildman–Crippen MR) is 133 cm³/mol. The maximum Gasteiger partial charge on any atom is 0.328 e. The Kier molecular flexibility index (Phi) is 5.64. The lowest BCUT2D eigenvalue weighted by Gasteiger charge is -2.45. The maximum atomic E-state index is 14.2. The summed E-state index contributed by atoms with van der Waals surface area (Å²) < 4.78 is 14.2. The van der Waals surface area contributed by atoms with Crippen LogP contribution >= 0.6 is 0 Å². The predicted octanol–water partition coefficient (Wildman–Crippen LogP) is 5.09.